The minimum Gasteiger partial charge on any atom is -0.478 e. The number of carboxylic acids is 1. The molecule has 0 bridgehead atoms. The van der Waals surface area contributed by atoms with Crippen molar-refractivity contribution in [3.63, 3.8) is 0 Å². The van der Waals surface area contributed by atoms with Crippen LogP contribution in [-0.4, -0.2) is 20.5 Å². The Hall–Kier alpha value is -2.56. The van der Waals surface area contributed by atoms with Gasteiger partial charge in [0.1, 0.15) is 11.4 Å². The van der Waals surface area contributed by atoms with E-state index in [4.69, 9.17) is 9.52 Å². The Morgan fingerprint density at radius 1 is 1.32 bits per heavy atom. The van der Waals surface area contributed by atoms with E-state index in [1.807, 2.05) is 10.5 Å². The van der Waals surface area contributed by atoms with Crippen LogP contribution in [0.25, 0.3) is 16.9 Å². The Balaban J connectivity index is 2.03. The zero-order chi connectivity index (χ0) is 13.0. The zero-order valence-electron chi connectivity index (χ0n) is 9.96. The summed E-state index contributed by atoms with van der Waals surface area (Å²) in [4.78, 5) is 15.6. The van der Waals surface area contributed by atoms with Crippen molar-refractivity contribution in [3.8, 4) is 11.3 Å². The Kier molecular flexibility index (Phi) is 1.90. The van der Waals surface area contributed by atoms with Gasteiger partial charge in [0.25, 0.3) is 0 Å². The van der Waals surface area contributed by atoms with Gasteiger partial charge in [-0.3, -0.25) is 0 Å². The molecule has 0 aliphatic heterocycles. The molecule has 19 heavy (non-hydrogen) atoms. The number of furan rings is 1. The molecule has 0 radical (unpaired) electrons. The van der Waals surface area contributed by atoms with Crippen LogP contribution >= 0.6 is 0 Å². The van der Waals surface area contributed by atoms with Crippen LogP contribution in [0.1, 0.15) is 21.8 Å². The smallest absolute Gasteiger partial charge is 0.337 e. The largest absolute Gasteiger partial charge is 0.478 e. The molecule has 1 aliphatic carbocycles. The van der Waals surface area contributed by atoms with Gasteiger partial charge in [0, 0.05) is 18.2 Å². The number of nitrogens with zero attached hydrogens (tertiary/aromatic N) is 2. The summed E-state index contributed by atoms with van der Waals surface area (Å²) in [5, 5.41) is 9.06. The monoisotopic (exact) mass is 254 g/mol. The predicted octanol–water partition coefficient (Wildman–Crippen LogP) is 2.39. The molecule has 3 heterocycles. The van der Waals surface area contributed by atoms with E-state index in [0.717, 1.165) is 41.2 Å². The molecule has 0 saturated heterocycles. The second-order valence-corrected chi connectivity index (χ2v) is 4.62. The number of carbonyl (C=O) groups is 1. The van der Waals surface area contributed by atoms with E-state index in [9.17, 15) is 4.79 Å². The molecule has 3 aromatic heterocycles. The summed E-state index contributed by atoms with van der Waals surface area (Å²) in [5.74, 6) is 0.0264. The van der Waals surface area contributed by atoms with Gasteiger partial charge in [-0.15, -0.1) is 0 Å². The molecule has 4 rings (SSSR count). The van der Waals surface area contributed by atoms with E-state index in [2.05, 4.69) is 4.98 Å². The third kappa shape index (κ3) is 1.35. The lowest BCUT2D eigenvalue weighted by Crippen LogP contribution is -2.05. The van der Waals surface area contributed by atoms with E-state index < -0.39 is 5.97 Å². The first-order valence-electron chi connectivity index (χ1n) is 6.05. The normalized spacial score (nSPS) is 13.3. The van der Waals surface area contributed by atoms with E-state index in [1.165, 1.54) is 0 Å². The average molecular weight is 254 g/mol. The number of rotatable bonds is 1. The van der Waals surface area contributed by atoms with Crippen LogP contribution in [0.3, 0.4) is 0 Å². The van der Waals surface area contributed by atoms with Gasteiger partial charge in [-0.1, -0.05) is 0 Å². The number of hydrogen-bond acceptors (Lipinski definition) is 3. The quantitative estimate of drug-likeness (QED) is 0.724. The molecule has 0 atom stereocenters. The fourth-order valence-corrected chi connectivity index (χ4v) is 2.65. The van der Waals surface area contributed by atoms with Gasteiger partial charge < -0.3 is 13.9 Å². The highest BCUT2D eigenvalue weighted by atomic mass is 16.4. The van der Waals surface area contributed by atoms with Crippen molar-refractivity contribution in [1.82, 2.24) is 9.38 Å². The van der Waals surface area contributed by atoms with Crippen molar-refractivity contribution in [2.24, 2.45) is 0 Å². The maximum atomic E-state index is 11.0. The molecule has 0 spiro atoms. The lowest BCUT2D eigenvalue weighted by molar-refractivity contribution is 0.0696. The first-order chi connectivity index (χ1) is 9.24. The molecular formula is C14H10N2O3. The highest BCUT2D eigenvalue weighted by molar-refractivity contribution is 5.87. The lowest BCUT2D eigenvalue weighted by Gasteiger charge is -2.10. The van der Waals surface area contributed by atoms with E-state index in [0.29, 0.717) is 0 Å². The minimum atomic E-state index is -0.927. The standard InChI is InChI=1S/C14H10N2O3/c17-14(18)8-1-4-12-15-13-9-5-6-19-11(9)3-2-10(13)16(12)7-8/h1,4-7H,2-3H2,(H,17,18). The van der Waals surface area contributed by atoms with E-state index >= 15 is 0 Å². The Bertz CT molecular complexity index is 813. The van der Waals surface area contributed by atoms with Gasteiger partial charge in [-0.05, 0) is 24.6 Å². The number of pyridine rings is 1. The number of imidazole rings is 1. The van der Waals surface area contributed by atoms with Crippen LogP contribution in [0.2, 0.25) is 0 Å². The number of aromatic carboxylic acids is 1. The van der Waals surface area contributed by atoms with Crippen LogP contribution in [0.5, 0.6) is 0 Å². The Labute approximate surface area is 108 Å². The average Bonchev–Trinajstić information content (AvgIpc) is 3.01. The Morgan fingerprint density at radius 3 is 3.05 bits per heavy atom. The number of hydrogen-bond donors (Lipinski definition) is 1. The van der Waals surface area contributed by atoms with Gasteiger partial charge in [0.05, 0.1) is 23.2 Å². The predicted molar refractivity (Wildman–Crippen MR) is 67.3 cm³/mol. The summed E-state index contributed by atoms with van der Waals surface area (Å²) in [5.41, 5.74) is 4.00. The molecule has 94 valence electrons. The topological polar surface area (TPSA) is 67.7 Å². The SMILES string of the molecule is O=C(O)c1ccc2nc3c(n2c1)CCc1occc1-3. The molecule has 0 fully saturated rings. The first-order valence-corrected chi connectivity index (χ1v) is 6.05. The molecular weight excluding hydrogens is 244 g/mol. The molecule has 1 aliphatic rings. The summed E-state index contributed by atoms with van der Waals surface area (Å²) in [7, 11) is 0. The van der Waals surface area contributed by atoms with Crippen LogP contribution < -0.4 is 0 Å². The molecule has 5 nitrogen and oxygen atoms in total. The number of aromatic nitrogens is 2. The van der Waals surface area contributed by atoms with Crippen molar-refractivity contribution in [3.05, 3.63) is 47.7 Å². The lowest BCUT2D eigenvalue weighted by atomic mass is 9.99. The van der Waals surface area contributed by atoms with Crippen molar-refractivity contribution in [2.75, 3.05) is 0 Å². The maximum Gasteiger partial charge on any atom is 0.337 e. The first kappa shape index (κ1) is 10.4. The number of fused-ring (bicyclic) bond motifs is 5. The van der Waals surface area contributed by atoms with Gasteiger partial charge in [-0.2, -0.15) is 0 Å². The summed E-state index contributed by atoms with van der Waals surface area (Å²) < 4.78 is 7.30. The Morgan fingerprint density at radius 2 is 2.21 bits per heavy atom. The van der Waals surface area contributed by atoms with Crippen molar-refractivity contribution in [2.45, 2.75) is 12.8 Å². The molecule has 1 N–H and O–H groups in total. The fourth-order valence-electron chi connectivity index (χ4n) is 2.65. The highest BCUT2D eigenvalue weighted by Crippen LogP contribution is 2.34. The summed E-state index contributed by atoms with van der Waals surface area (Å²) in [6.07, 6.45) is 4.93. The van der Waals surface area contributed by atoms with Crippen LogP contribution in [0, 0.1) is 0 Å². The van der Waals surface area contributed by atoms with Crippen LogP contribution in [0.4, 0.5) is 0 Å². The number of carboxylic acid groups (broad SMARTS) is 1. The second kappa shape index (κ2) is 3.47. The van der Waals surface area contributed by atoms with E-state index in [1.54, 1.807) is 24.6 Å². The highest BCUT2D eigenvalue weighted by Gasteiger charge is 2.23. The van der Waals surface area contributed by atoms with Gasteiger partial charge in [0.15, 0.2) is 0 Å². The summed E-state index contributed by atoms with van der Waals surface area (Å²) in [6.45, 7) is 0. The van der Waals surface area contributed by atoms with Crippen LogP contribution in [-0.2, 0) is 12.8 Å². The number of aryl methyl sites for hydroxylation is 2. The molecule has 0 amide bonds. The van der Waals surface area contributed by atoms with Gasteiger partial charge in [0.2, 0.25) is 0 Å². The molecule has 3 aromatic rings. The van der Waals surface area contributed by atoms with Gasteiger partial charge >= 0.3 is 5.97 Å². The second-order valence-electron chi connectivity index (χ2n) is 4.62. The minimum absolute atomic E-state index is 0.269. The van der Waals surface area contributed by atoms with Gasteiger partial charge in [-0.25, -0.2) is 9.78 Å². The summed E-state index contributed by atoms with van der Waals surface area (Å²) in [6, 6.07) is 5.23. The fraction of sp³-hybridized carbons (Fsp3) is 0.143. The van der Waals surface area contributed by atoms with Crippen molar-refractivity contribution in [1.29, 1.82) is 0 Å². The molecule has 0 unspecified atom stereocenters. The third-order valence-corrected chi connectivity index (χ3v) is 3.55. The third-order valence-electron chi connectivity index (χ3n) is 3.55. The maximum absolute atomic E-state index is 11.0. The molecule has 0 saturated carbocycles. The molecule has 0 aromatic carbocycles. The van der Waals surface area contributed by atoms with Crippen molar-refractivity contribution >= 4 is 11.6 Å². The molecule has 5 heteroatoms. The van der Waals surface area contributed by atoms with Crippen LogP contribution in [0.15, 0.2) is 35.1 Å². The zero-order valence-corrected chi connectivity index (χ0v) is 9.96. The van der Waals surface area contributed by atoms with Crippen molar-refractivity contribution < 1.29 is 14.3 Å². The summed E-state index contributed by atoms with van der Waals surface area (Å²) >= 11 is 0. The van der Waals surface area contributed by atoms with E-state index in [-0.39, 0.29) is 5.56 Å².